The van der Waals surface area contributed by atoms with Crippen LogP contribution in [0.4, 0.5) is 5.69 Å². The SMILES string of the molecule is CCOC(=O)c1ccc(C)c(NC(=O)CCc2ccc3c(c2)OCCO3)c1. The summed E-state index contributed by atoms with van der Waals surface area (Å²) in [4.78, 5) is 24.2. The topological polar surface area (TPSA) is 73.9 Å². The number of aryl methyl sites for hydroxylation is 2. The first-order chi connectivity index (χ1) is 13.1. The highest BCUT2D eigenvalue weighted by molar-refractivity contribution is 5.95. The number of nitrogens with one attached hydrogen (secondary N) is 1. The van der Waals surface area contributed by atoms with Crippen LogP contribution in [0.5, 0.6) is 11.5 Å². The number of rotatable bonds is 6. The van der Waals surface area contributed by atoms with Crippen molar-refractivity contribution in [3.63, 3.8) is 0 Å². The van der Waals surface area contributed by atoms with Crippen LogP contribution in [0.1, 0.15) is 34.8 Å². The first-order valence-electron chi connectivity index (χ1n) is 9.03. The lowest BCUT2D eigenvalue weighted by Crippen LogP contribution is -2.16. The predicted molar refractivity (Wildman–Crippen MR) is 102 cm³/mol. The van der Waals surface area contributed by atoms with E-state index in [1.807, 2.05) is 25.1 Å². The zero-order valence-corrected chi connectivity index (χ0v) is 15.5. The van der Waals surface area contributed by atoms with Crippen molar-refractivity contribution in [1.82, 2.24) is 0 Å². The number of anilines is 1. The van der Waals surface area contributed by atoms with E-state index in [4.69, 9.17) is 14.2 Å². The third kappa shape index (κ3) is 4.78. The largest absolute Gasteiger partial charge is 0.486 e. The van der Waals surface area contributed by atoms with E-state index in [1.165, 1.54) is 0 Å². The van der Waals surface area contributed by atoms with E-state index in [2.05, 4.69) is 5.32 Å². The van der Waals surface area contributed by atoms with Crippen LogP contribution in [-0.2, 0) is 16.0 Å². The van der Waals surface area contributed by atoms with Gasteiger partial charge < -0.3 is 19.5 Å². The molecule has 0 spiro atoms. The number of ether oxygens (including phenoxy) is 3. The predicted octanol–water partition coefficient (Wildman–Crippen LogP) is 3.51. The van der Waals surface area contributed by atoms with Gasteiger partial charge in [0, 0.05) is 12.1 Å². The molecule has 0 aromatic heterocycles. The Morgan fingerprint density at radius 3 is 2.63 bits per heavy atom. The summed E-state index contributed by atoms with van der Waals surface area (Å²) < 4.78 is 16.1. The first-order valence-corrected chi connectivity index (χ1v) is 9.03. The number of fused-ring (bicyclic) bond motifs is 1. The summed E-state index contributed by atoms with van der Waals surface area (Å²) in [5, 5.41) is 2.88. The number of carbonyl (C=O) groups is 2. The second kappa shape index (κ2) is 8.58. The molecule has 1 amide bonds. The second-order valence-electron chi connectivity index (χ2n) is 6.28. The summed E-state index contributed by atoms with van der Waals surface area (Å²) in [6, 6.07) is 10.9. The van der Waals surface area contributed by atoms with Gasteiger partial charge in [0.2, 0.25) is 5.91 Å². The molecule has 2 aromatic rings. The van der Waals surface area contributed by atoms with Crippen molar-refractivity contribution in [2.75, 3.05) is 25.1 Å². The highest BCUT2D eigenvalue weighted by atomic mass is 16.6. The summed E-state index contributed by atoms with van der Waals surface area (Å²) in [5.41, 5.74) is 2.93. The van der Waals surface area contributed by atoms with Gasteiger partial charge in [0.1, 0.15) is 13.2 Å². The van der Waals surface area contributed by atoms with Crippen LogP contribution in [0.2, 0.25) is 0 Å². The standard InChI is InChI=1S/C21H23NO5/c1-3-25-21(24)16-7-4-14(2)17(13-16)22-20(23)9-6-15-5-8-18-19(12-15)27-11-10-26-18/h4-5,7-8,12-13H,3,6,9-11H2,1-2H3,(H,22,23). The Kier molecular flexibility index (Phi) is 5.96. The molecule has 1 heterocycles. The minimum absolute atomic E-state index is 0.117. The van der Waals surface area contributed by atoms with E-state index in [0.29, 0.717) is 43.9 Å². The molecule has 0 saturated carbocycles. The van der Waals surface area contributed by atoms with Gasteiger partial charge in [-0.1, -0.05) is 12.1 Å². The van der Waals surface area contributed by atoms with Gasteiger partial charge in [0.15, 0.2) is 11.5 Å². The Balaban J connectivity index is 1.61. The maximum Gasteiger partial charge on any atom is 0.338 e. The third-order valence-corrected chi connectivity index (χ3v) is 4.27. The van der Waals surface area contributed by atoms with Gasteiger partial charge in [-0.15, -0.1) is 0 Å². The van der Waals surface area contributed by atoms with Gasteiger partial charge in [0.05, 0.1) is 12.2 Å². The zero-order chi connectivity index (χ0) is 19.2. The normalized spacial score (nSPS) is 12.4. The molecule has 0 bridgehead atoms. The Hall–Kier alpha value is -3.02. The van der Waals surface area contributed by atoms with E-state index >= 15 is 0 Å². The molecule has 0 saturated heterocycles. The third-order valence-electron chi connectivity index (χ3n) is 4.27. The quantitative estimate of drug-likeness (QED) is 0.789. The molecule has 2 aromatic carbocycles. The monoisotopic (exact) mass is 369 g/mol. The van der Waals surface area contributed by atoms with Gasteiger partial charge in [-0.05, 0) is 55.7 Å². The summed E-state index contributed by atoms with van der Waals surface area (Å²) in [6.45, 7) is 5.04. The number of esters is 1. The molecule has 27 heavy (non-hydrogen) atoms. The van der Waals surface area contributed by atoms with Crippen molar-refractivity contribution >= 4 is 17.6 Å². The van der Waals surface area contributed by atoms with Crippen molar-refractivity contribution in [2.45, 2.75) is 26.7 Å². The highest BCUT2D eigenvalue weighted by Crippen LogP contribution is 2.31. The molecular formula is C21H23NO5. The summed E-state index contributed by atoms with van der Waals surface area (Å²) in [7, 11) is 0. The summed E-state index contributed by atoms with van der Waals surface area (Å²) in [6.07, 6.45) is 0.905. The fourth-order valence-electron chi connectivity index (χ4n) is 2.81. The average molecular weight is 369 g/mol. The van der Waals surface area contributed by atoms with Gasteiger partial charge in [-0.2, -0.15) is 0 Å². The van der Waals surface area contributed by atoms with Gasteiger partial charge in [0.25, 0.3) is 0 Å². The number of carbonyl (C=O) groups excluding carboxylic acids is 2. The lowest BCUT2D eigenvalue weighted by Gasteiger charge is -2.18. The fraction of sp³-hybridized carbons (Fsp3) is 0.333. The van der Waals surface area contributed by atoms with E-state index < -0.39 is 5.97 Å². The van der Waals surface area contributed by atoms with E-state index in [0.717, 1.165) is 22.6 Å². The molecule has 1 aliphatic rings. The smallest absolute Gasteiger partial charge is 0.338 e. The Bertz CT molecular complexity index is 846. The minimum atomic E-state index is -0.399. The van der Waals surface area contributed by atoms with Crippen molar-refractivity contribution in [1.29, 1.82) is 0 Å². The lowest BCUT2D eigenvalue weighted by atomic mass is 10.1. The Morgan fingerprint density at radius 1 is 1.07 bits per heavy atom. The van der Waals surface area contributed by atoms with Crippen LogP contribution < -0.4 is 14.8 Å². The van der Waals surface area contributed by atoms with Crippen LogP contribution in [-0.4, -0.2) is 31.7 Å². The maximum atomic E-state index is 12.4. The average Bonchev–Trinajstić information content (AvgIpc) is 2.68. The van der Waals surface area contributed by atoms with Crippen LogP contribution in [0.15, 0.2) is 36.4 Å². The van der Waals surface area contributed by atoms with Crippen LogP contribution in [0.3, 0.4) is 0 Å². The lowest BCUT2D eigenvalue weighted by molar-refractivity contribution is -0.116. The number of benzene rings is 2. The first kappa shape index (κ1) is 18.8. The van der Waals surface area contributed by atoms with E-state index in [1.54, 1.807) is 25.1 Å². The highest BCUT2D eigenvalue weighted by Gasteiger charge is 2.14. The van der Waals surface area contributed by atoms with Crippen molar-refractivity contribution in [2.24, 2.45) is 0 Å². The number of amides is 1. The second-order valence-corrected chi connectivity index (χ2v) is 6.28. The Morgan fingerprint density at radius 2 is 1.85 bits per heavy atom. The maximum absolute atomic E-state index is 12.4. The molecule has 0 unspecified atom stereocenters. The van der Waals surface area contributed by atoms with Gasteiger partial charge in [-0.3, -0.25) is 4.79 Å². The molecule has 6 nitrogen and oxygen atoms in total. The molecule has 0 fully saturated rings. The van der Waals surface area contributed by atoms with Crippen molar-refractivity contribution in [3.8, 4) is 11.5 Å². The van der Waals surface area contributed by atoms with E-state index in [-0.39, 0.29) is 5.91 Å². The van der Waals surface area contributed by atoms with Crippen LogP contribution >= 0.6 is 0 Å². The van der Waals surface area contributed by atoms with Crippen LogP contribution in [0, 0.1) is 6.92 Å². The van der Waals surface area contributed by atoms with E-state index in [9.17, 15) is 9.59 Å². The molecule has 6 heteroatoms. The molecule has 3 rings (SSSR count). The number of hydrogen-bond acceptors (Lipinski definition) is 5. The molecule has 1 N–H and O–H groups in total. The van der Waals surface area contributed by atoms with Gasteiger partial charge in [-0.25, -0.2) is 4.79 Å². The minimum Gasteiger partial charge on any atom is -0.486 e. The fourth-order valence-corrected chi connectivity index (χ4v) is 2.81. The molecule has 0 aliphatic carbocycles. The number of hydrogen-bond donors (Lipinski definition) is 1. The molecule has 0 atom stereocenters. The van der Waals surface area contributed by atoms with Crippen molar-refractivity contribution < 1.29 is 23.8 Å². The van der Waals surface area contributed by atoms with Crippen LogP contribution in [0.25, 0.3) is 0 Å². The molecule has 1 aliphatic heterocycles. The molecule has 142 valence electrons. The zero-order valence-electron chi connectivity index (χ0n) is 15.5. The molecule has 0 radical (unpaired) electrons. The van der Waals surface area contributed by atoms with Crippen molar-refractivity contribution in [3.05, 3.63) is 53.1 Å². The summed E-state index contributed by atoms with van der Waals surface area (Å²) >= 11 is 0. The molecular weight excluding hydrogens is 346 g/mol. The Labute approximate surface area is 158 Å². The van der Waals surface area contributed by atoms with Gasteiger partial charge >= 0.3 is 5.97 Å². The summed E-state index contributed by atoms with van der Waals surface area (Å²) in [5.74, 6) is 0.941.